The van der Waals surface area contributed by atoms with Gasteiger partial charge in [0.05, 0.1) is 0 Å². The third-order valence-corrected chi connectivity index (χ3v) is 4.11. The highest BCUT2D eigenvalue weighted by atomic mass is 35.5. The van der Waals surface area contributed by atoms with Gasteiger partial charge in [-0.2, -0.15) is 0 Å². The van der Waals surface area contributed by atoms with Crippen LogP contribution in [0.3, 0.4) is 0 Å². The van der Waals surface area contributed by atoms with Crippen LogP contribution in [0.2, 0.25) is 0 Å². The maximum atomic E-state index is 12.3. The second kappa shape index (κ2) is 5.37. The van der Waals surface area contributed by atoms with Gasteiger partial charge < -0.3 is 10.2 Å². The zero-order chi connectivity index (χ0) is 10.9. The third kappa shape index (κ3) is 2.51. The van der Waals surface area contributed by atoms with Crippen LogP contribution in [-0.2, 0) is 4.79 Å². The van der Waals surface area contributed by atoms with E-state index >= 15 is 0 Å². The number of likely N-dealkylation sites (N-methyl/N-ethyl adjacent to an activating group) is 1. The molecule has 1 amide bonds. The topological polar surface area (TPSA) is 32.3 Å². The lowest BCUT2D eigenvalue weighted by Gasteiger charge is -2.28. The Balaban J connectivity index is 0.00000128. The van der Waals surface area contributed by atoms with Gasteiger partial charge in [0.1, 0.15) is 0 Å². The molecule has 0 aromatic rings. The van der Waals surface area contributed by atoms with Gasteiger partial charge in [-0.3, -0.25) is 4.79 Å². The minimum atomic E-state index is -0.0391. The normalized spacial score (nSPS) is 27.9. The molecule has 1 saturated heterocycles. The first kappa shape index (κ1) is 13.8. The number of nitrogens with one attached hydrogen (secondary N) is 1. The summed E-state index contributed by atoms with van der Waals surface area (Å²) in [6.45, 7) is 4.00. The highest BCUT2D eigenvalue weighted by Crippen LogP contribution is 2.39. The Kier molecular flexibility index (Phi) is 4.62. The van der Waals surface area contributed by atoms with Crippen molar-refractivity contribution in [3.05, 3.63) is 0 Å². The van der Waals surface area contributed by atoms with Crippen molar-refractivity contribution in [3.8, 4) is 0 Å². The number of rotatable bonds is 2. The predicted octanol–water partition coefficient (Wildman–Crippen LogP) is 1.81. The highest BCUT2D eigenvalue weighted by Gasteiger charge is 2.40. The standard InChI is InChI=1S/C12H22N2O.ClH/c1-12(6-3-4-7-12)11(15)14-8-5-10(9-14)13-2;/h10,13H,3-9H2,1-2H3;1H. The Morgan fingerprint density at radius 2 is 2.00 bits per heavy atom. The van der Waals surface area contributed by atoms with E-state index in [1.807, 2.05) is 7.05 Å². The largest absolute Gasteiger partial charge is 0.341 e. The maximum absolute atomic E-state index is 12.3. The molecule has 1 aliphatic heterocycles. The molecule has 16 heavy (non-hydrogen) atoms. The van der Waals surface area contributed by atoms with Gasteiger partial charge in [-0.15, -0.1) is 12.4 Å². The van der Waals surface area contributed by atoms with Crippen molar-refractivity contribution in [2.24, 2.45) is 5.41 Å². The van der Waals surface area contributed by atoms with E-state index in [1.54, 1.807) is 0 Å². The van der Waals surface area contributed by atoms with Crippen LogP contribution in [0.4, 0.5) is 0 Å². The minimum Gasteiger partial charge on any atom is -0.341 e. The first-order chi connectivity index (χ1) is 7.15. The van der Waals surface area contributed by atoms with E-state index < -0.39 is 0 Å². The van der Waals surface area contributed by atoms with Gasteiger partial charge in [-0.05, 0) is 26.3 Å². The van der Waals surface area contributed by atoms with Crippen LogP contribution >= 0.6 is 12.4 Å². The Bertz CT molecular complexity index is 251. The molecule has 3 nitrogen and oxygen atoms in total. The summed E-state index contributed by atoms with van der Waals surface area (Å²) < 4.78 is 0. The van der Waals surface area contributed by atoms with E-state index in [0.29, 0.717) is 11.9 Å². The quantitative estimate of drug-likeness (QED) is 0.806. The molecule has 4 heteroatoms. The van der Waals surface area contributed by atoms with Crippen LogP contribution in [0.1, 0.15) is 39.0 Å². The summed E-state index contributed by atoms with van der Waals surface area (Å²) in [7, 11) is 1.98. The zero-order valence-electron chi connectivity index (χ0n) is 10.3. The van der Waals surface area contributed by atoms with Gasteiger partial charge in [-0.25, -0.2) is 0 Å². The first-order valence-electron chi connectivity index (χ1n) is 6.12. The molecule has 2 fully saturated rings. The molecule has 94 valence electrons. The molecule has 2 rings (SSSR count). The number of amides is 1. The number of hydrogen-bond donors (Lipinski definition) is 1. The van der Waals surface area contributed by atoms with Crippen LogP contribution in [0.5, 0.6) is 0 Å². The van der Waals surface area contributed by atoms with Crippen molar-refractivity contribution in [2.75, 3.05) is 20.1 Å². The maximum Gasteiger partial charge on any atom is 0.228 e. The van der Waals surface area contributed by atoms with Gasteiger partial charge in [0, 0.05) is 24.5 Å². The molecule has 0 bridgehead atoms. The lowest BCUT2D eigenvalue weighted by atomic mass is 9.87. The lowest BCUT2D eigenvalue weighted by Crippen LogP contribution is -2.41. The van der Waals surface area contributed by atoms with Crippen molar-refractivity contribution in [3.63, 3.8) is 0 Å². The van der Waals surface area contributed by atoms with Crippen LogP contribution in [-0.4, -0.2) is 37.0 Å². The highest BCUT2D eigenvalue weighted by molar-refractivity contribution is 5.85. The minimum absolute atomic E-state index is 0. The number of likely N-dealkylation sites (tertiary alicyclic amines) is 1. The fraction of sp³-hybridized carbons (Fsp3) is 0.917. The molecule has 1 saturated carbocycles. The molecule has 0 radical (unpaired) electrons. The summed E-state index contributed by atoms with van der Waals surface area (Å²) in [6, 6.07) is 0.513. The first-order valence-corrected chi connectivity index (χ1v) is 6.12. The Labute approximate surface area is 104 Å². The van der Waals surface area contributed by atoms with Crippen LogP contribution in [0.15, 0.2) is 0 Å². The number of halogens is 1. The summed E-state index contributed by atoms with van der Waals surface area (Å²) >= 11 is 0. The van der Waals surface area contributed by atoms with E-state index in [9.17, 15) is 4.79 Å². The van der Waals surface area contributed by atoms with Gasteiger partial charge in [0.15, 0.2) is 0 Å². The van der Waals surface area contributed by atoms with Crippen molar-refractivity contribution in [1.82, 2.24) is 10.2 Å². The number of carbonyl (C=O) groups excluding carboxylic acids is 1. The molecular weight excluding hydrogens is 224 g/mol. The fourth-order valence-electron chi connectivity index (χ4n) is 2.93. The zero-order valence-corrected chi connectivity index (χ0v) is 11.1. The van der Waals surface area contributed by atoms with Crippen molar-refractivity contribution >= 4 is 18.3 Å². The number of carbonyl (C=O) groups is 1. The molecule has 0 aromatic carbocycles. The average Bonchev–Trinajstić information content (AvgIpc) is 2.85. The van der Waals surface area contributed by atoms with Crippen LogP contribution in [0.25, 0.3) is 0 Å². The predicted molar refractivity (Wildman–Crippen MR) is 67.9 cm³/mol. The van der Waals surface area contributed by atoms with E-state index in [4.69, 9.17) is 0 Å². The van der Waals surface area contributed by atoms with Gasteiger partial charge in [0.25, 0.3) is 0 Å². The van der Waals surface area contributed by atoms with Crippen molar-refractivity contribution < 1.29 is 4.79 Å². The molecule has 1 aliphatic carbocycles. The summed E-state index contributed by atoms with van der Waals surface area (Å²) in [5.41, 5.74) is -0.0391. The van der Waals surface area contributed by atoms with E-state index in [-0.39, 0.29) is 17.8 Å². The van der Waals surface area contributed by atoms with E-state index in [0.717, 1.165) is 32.4 Å². The second-order valence-electron chi connectivity index (χ2n) is 5.29. The molecule has 1 atom stereocenters. The fourth-order valence-corrected chi connectivity index (χ4v) is 2.93. The molecule has 0 spiro atoms. The smallest absolute Gasteiger partial charge is 0.228 e. The van der Waals surface area contributed by atoms with E-state index in [2.05, 4.69) is 17.1 Å². The Hall–Kier alpha value is -0.280. The van der Waals surface area contributed by atoms with Crippen molar-refractivity contribution in [2.45, 2.75) is 45.1 Å². The van der Waals surface area contributed by atoms with Crippen LogP contribution < -0.4 is 5.32 Å². The molecular formula is C12H23ClN2O. The Morgan fingerprint density at radius 3 is 2.50 bits per heavy atom. The van der Waals surface area contributed by atoms with E-state index in [1.165, 1.54) is 12.8 Å². The Morgan fingerprint density at radius 1 is 1.38 bits per heavy atom. The molecule has 1 heterocycles. The average molecular weight is 247 g/mol. The van der Waals surface area contributed by atoms with Gasteiger partial charge in [0.2, 0.25) is 5.91 Å². The molecule has 2 aliphatic rings. The molecule has 0 aromatic heterocycles. The molecule has 1 unspecified atom stereocenters. The van der Waals surface area contributed by atoms with Crippen molar-refractivity contribution in [1.29, 1.82) is 0 Å². The number of hydrogen-bond acceptors (Lipinski definition) is 2. The summed E-state index contributed by atoms with van der Waals surface area (Å²) in [5.74, 6) is 0.401. The summed E-state index contributed by atoms with van der Waals surface area (Å²) in [4.78, 5) is 14.4. The SMILES string of the molecule is CNC1CCN(C(=O)C2(C)CCCC2)C1.Cl. The second-order valence-corrected chi connectivity index (χ2v) is 5.29. The van der Waals surface area contributed by atoms with Gasteiger partial charge in [-0.1, -0.05) is 19.8 Å². The monoisotopic (exact) mass is 246 g/mol. The lowest BCUT2D eigenvalue weighted by molar-refractivity contribution is -0.139. The van der Waals surface area contributed by atoms with Crippen LogP contribution in [0, 0.1) is 5.41 Å². The summed E-state index contributed by atoms with van der Waals surface area (Å²) in [6.07, 6.45) is 5.74. The number of nitrogens with zero attached hydrogens (tertiary/aromatic N) is 1. The summed E-state index contributed by atoms with van der Waals surface area (Å²) in [5, 5.41) is 3.26. The van der Waals surface area contributed by atoms with Gasteiger partial charge >= 0.3 is 0 Å². The third-order valence-electron chi connectivity index (χ3n) is 4.11. The molecule has 1 N–H and O–H groups in total.